The number of carbonyl (C=O) groups is 1. The van der Waals surface area contributed by atoms with Crippen LogP contribution in [0.25, 0.3) is 0 Å². The lowest BCUT2D eigenvalue weighted by molar-refractivity contribution is 0.102. The summed E-state index contributed by atoms with van der Waals surface area (Å²) >= 11 is 0. The molecule has 0 saturated carbocycles. The molecule has 13 heteroatoms. The number of hydrogen-bond donors (Lipinski definition) is 2. The first-order valence-corrected chi connectivity index (χ1v) is 15.9. The van der Waals surface area contributed by atoms with Gasteiger partial charge in [0.2, 0.25) is 0 Å². The van der Waals surface area contributed by atoms with Crippen molar-refractivity contribution in [3.63, 3.8) is 0 Å². The van der Waals surface area contributed by atoms with Crippen molar-refractivity contribution in [2.75, 3.05) is 42.2 Å². The zero-order chi connectivity index (χ0) is 31.2. The van der Waals surface area contributed by atoms with E-state index in [0.717, 1.165) is 4.31 Å². The van der Waals surface area contributed by atoms with Crippen LogP contribution in [0.1, 0.15) is 17.3 Å². The fraction of sp³-hybridized carbons (Fsp3) is 0.167. The largest absolute Gasteiger partial charge is 0.494 e. The molecule has 43 heavy (non-hydrogen) atoms. The predicted molar refractivity (Wildman–Crippen MR) is 164 cm³/mol. The van der Waals surface area contributed by atoms with Gasteiger partial charge in [0.05, 0.1) is 36.3 Å². The molecular formula is C30H31N3O8S2. The molecule has 0 aliphatic heterocycles. The van der Waals surface area contributed by atoms with E-state index in [0.29, 0.717) is 35.2 Å². The number of carbonyl (C=O) groups excluding carboxylic acids is 1. The normalized spacial score (nSPS) is 11.3. The topological polar surface area (TPSA) is 140 Å². The molecule has 4 aromatic carbocycles. The standard InChI is InChI=1S/C30H31N3O8S2/c1-5-41-25-14-8-23(9-15-25)32-42(35,36)26-16-10-22(11-17-26)31-30(34)21-6-12-24(13-7-21)33(2)43(37,38)27-18-19-28(39-3)29(20-27)40-4/h6-20,32H,5H2,1-4H3,(H,31,34). The molecule has 2 N–H and O–H groups in total. The van der Waals surface area contributed by atoms with Crippen molar-refractivity contribution in [3.05, 3.63) is 96.6 Å². The van der Waals surface area contributed by atoms with Gasteiger partial charge in [0.25, 0.3) is 26.0 Å². The van der Waals surface area contributed by atoms with E-state index in [1.165, 1.54) is 88.0 Å². The van der Waals surface area contributed by atoms with Gasteiger partial charge in [0, 0.05) is 30.1 Å². The number of ether oxygens (including phenoxy) is 3. The summed E-state index contributed by atoms with van der Waals surface area (Å²) < 4.78 is 71.3. The summed E-state index contributed by atoms with van der Waals surface area (Å²) in [5, 5.41) is 2.71. The van der Waals surface area contributed by atoms with Crippen molar-refractivity contribution in [1.29, 1.82) is 0 Å². The highest BCUT2D eigenvalue weighted by atomic mass is 32.2. The molecule has 0 fully saturated rings. The summed E-state index contributed by atoms with van der Waals surface area (Å²) in [4.78, 5) is 12.9. The number of amides is 1. The third-order valence-corrected chi connectivity index (χ3v) is 9.53. The molecule has 0 aromatic heterocycles. The highest BCUT2D eigenvalue weighted by Gasteiger charge is 2.23. The first kappa shape index (κ1) is 31.2. The van der Waals surface area contributed by atoms with Gasteiger partial charge in [-0.15, -0.1) is 0 Å². The predicted octanol–water partition coefficient (Wildman–Crippen LogP) is 4.98. The van der Waals surface area contributed by atoms with Crippen LogP contribution in [0.15, 0.2) is 101 Å². The molecule has 226 valence electrons. The van der Waals surface area contributed by atoms with Crippen molar-refractivity contribution < 1.29 is 35.8 Å². The molecule has 0 saturated heterocycles. The van der Waals surface area contributed by atoms with E-state index in [-0.39, 0.29) is 21.1 Å². The number of anilines is 3. The van der Waals surface area contributed by atoms with Crippen molar-refractivity contribution in [2.24, 2.45) is 0 Å². The average molecular weight is 626 g/mol. The van der Waals surface area contributed by atoms with Crippen LogP contribution in [-0.4, -0.2) is 50.6 Å². The van der Waals surface area contributed by atoms with Gasteiger partial charge in [0.1, 0.15) is 5.75 Å². The number of hydrogen-bond acceptors (Lipinski definition) is 8. The maximum atomic E-state index is 13.2. The van der Waals surface area contributed by atoms with E-state index in [2.05, 4.69) is 10.0 Å². The minimum absolute atomic E-state index is 0.00890. The lowest BCUT2D eigenvalue weighted by atomic mass is 10.2. The Morgan fingerprint density at radius 3 is 1.91 bits per heavy atom. The molecule has 0 unspecified atom stereocenters. The number of nitrogens with zero attached hydrogens (tertiary/aromatic N) is 1. The SMILES string of the molecule is CCOc1ccc(NS(=O)(=O)c2ccc(NC(=O)c3ccc(N(C)S(=O)(=O)c4ccc(OC)c(OC)c4)cc3)cc2)cc1. The number of benzene rings is 4. The van der Waals surface area contributed by atoms with Gasteiger partial charge < -0.3 is 19.5 Å². The van der Waals surface area contributed by atoms with E-state index >= 15 is 0 Å². The van der Waals surface area contributed by atoms with Crippen LogP contribution in [0, 0.1) is 0 Å². The molecular weight excluding hydrogens is 594 g/mol. The Bertz CT molecular complexity index is 1790. The van der Waals surface area contributed by atoms with Crippen LogP contribution in [0.5, 0.6) is 17.2 Å². The highest BCUT2D eigenvalue weighted by Crippen LogP contribution is 2.32. The van der Waals surface area contributed by atoms with E-state index in [1.807, 2.05) is 6.92 Å². The number of methoxy groups -OCH3 is 2. The van der Waals surface area contributed by atoms with E-state index in [9.17, 15) is 21.6 Å². The Hall–Kier alpha value is -4.75. The summed E-state index contributed by atoms with van der Waals surface area (Å²) in [6.07, 6.45) is 0. The quantitative estimate of drug-likeness (QED) is 0.225. The fourth-order valence-corrected chi connectivity index (χ4v) is 6.29. The van der Waals surface area contributed by atoms with Crippen molar-refractivity contribution in [1.82, 2.24) is 0 Å². The van der Waals surface area contributed by atoms with Crippen molar-refractivity contribution >= 4 is 43.0 Å². The minimum Gasteiger partial charge on any atom is -0.494 e. The third kappa shape index (κ3) is 7.19. The molecule has 0 aliphatic carbocycles. The Balaban J connectivity index is 1.41. The first-order chi connectivity index (χ1) is 20.5. The number of rotatable bonds is 12. The van der Waals surface area contributed by atoms with Crippen LogP contribution in [0.2, 0.25) is 0 Å². The Morgan fingerprint density at radius 1 is 0.744 bits per heavy atom. The third-order valence-electron chi connectivity index (χ3n) is 6.35. The lowest BCUT2D eigenvalue weighted by Gasteiger charge is -2.20. The molecule has 0 atom stereocenters. The Kier molecular flexibility index (Phi) is 9.46. The van der Waals surface area contributed by atoms with Crippen LogP contribution >= 0.6 is 0 Å². The second kappa shape index (κ2) is 13.0. The van der Waals surface area contributed by atoms with Gasteiger partial charge >= 0.3 is 0 Å². The maximum Gasteiger partial charge on any atom is 0.264 e. The van der Waals surface area contributed by atoms with Gasteiger partial charge in [-0.2, -0.15) is 0 Å². The fourth-order valence-electron chi connectivity index (χ4n) is 4.02. The first-order valence-electron chi connectivity index (χ1n) is 13.0. The highest BCUT2D eigenvalue weighted by molar-refractivity contribution is 7.93. The number of nitrogens with one attached hydrogen (secondary N) is 2. The molecule has 4 aromatic rings. The van der Waals surface area contributed by atoms with Gasteiger partial charge in [-0.1, -0.05) is 0 Å². The van der Waals surface area contributed by atoms with E-state index in [1.54, 1.807) is 24.3 Å². The van der Waals surface area contributed by atoms with Gasteiger partial charge in [0.15, 0.2) is 11.5 Å². The molecule has 11 nitrogen and oxygen atoms in total. The smallest absolute Gasteiger partial charge is 0.264 e. The van der Waals surface area contributed by atoms with Gasteiger partial charge in [-0.3, -0.25) is 13.8 Å². The van der Waals surface area contributed by atoms with Crippen molar-refractivity contribution in [3.8, 4) is 17.2 Å². The monoisotopic (exact) mass is 625 g/mol. The molecule has 0 spiro atoms. The molecule has 0 radical (unpaired) electrons. The van der Waals surface area contributed by atoms with E-state index < -0.39 is 26.0 Å². The second-order valence-electron chi connectivity index (χ2n) is 9.08. The molecule has 0 aliphatic rings. The second-order valence-corrected chi connectivity index (χ2v) is 12.7. The zero-order valence-electron chi connectivity index (χ0n) is 23.9. The van der Waals surface area contributed by atoms with Crippen LogP contribution in [-0.2, 0) is 20.0 Å². The average Bonchev–Trinajstić information content (AvgIpc) is 3.01. The summed E-state index contributed by atoms with van der Waals surface area (Å²) in [7, 11) is -3.52. The molecule has 0 heterocycles. The lowest BCUT2D eigenvalue weighted by Crippen LogP contribution is -2.26. The van der Waals surface area contributed by atoms with E-state index in [4.69, 9.17) is 14.2 Å². The van der Waals surface area contributed by atoms with Crippen LogP contribution in [0.4, 0.5) is 17.1 Å². The Morgan fingerprint density at radius 2 is 1.33 bits per heavy atom. The molecule has 0 bridgehead atoms. The maximum absolute atomic E-state index is 13.2. The van der Waals surface area contributed by atoms with Crippen LogP contribution in [0.3, 0.4) is 0 Å². The van der Waals surface area contributed by atoms with Crippen molar-refractivity contribution in [2.45, 2.75) is 16.7 Å². The summed E-state index contributed by atoms with van der Waals surface area (Å²) in [5.74, 6) is 0.849. The molecule has 1 amide bonds. The Labute approximate surface area is 251 Å². The van der Waals surface area contributed by atoms with Crippen LogP contribution < -0.4 is 28.6 Å². The summed E-state index contributed by atoms with van der Waals surface area (Å²) in [5.41, 5.74) is 1.36. The summed E-state index contributed by atoms with van der Waals surface area (Å²) in [6.45, 7) is 2.36. The van der Waals surface area contributed by atoms with Gasteiger partial charge in [-0.25, -0.2) is 16.8 Å². The molecule has 4 rings (SSSR count). The van der Waals surface area contributed by atoms with Gasteiger partial charge in [-0.05, 0) is 91.9 Å². The zero-order valence-corrected chi connectivity index (χ0v) is 25.5. The number of sulfonamides is 2. The minimum atomic E-state index is -3.93. The summed E-state index contributed by atoms with van der Waals surface area (Å²) in [6, 6.07) is 22.5.